The van der Waals surface area contributed by atoms with Crippen LogP contribution in [0.3, 0.4) is 0 Å². The first kappa shape index (κ1) is 68.4. The molecule has 0 fully saturated rings. The smallest absolute Gasteiger partial charge is 0.306 e. The highest BCUT2D eigenvalue weighted by Crippen LogP contribution is 2.17. The molecule has 0 rings (SSSR count). The second-order valence-electron chi connectivity index (χ2n) is 20.9. The normalized spacial score (nSPS) is 12.3. The first-order valence-corrected chi connectivity index (χ1v) is 31.1. The van der Waals surface area contributed by atoms with E-state index in [2.05, 4.69) is 69.4 Å². The monoisotopic (exact) mass is 995 g/mol. The number of carbonyl (C=O) groups is 3. The Labute approximate surface area is 441 Å². The Morgan fingerprint density at radius 1 is 0.296 bits per heavy atom. The number of allylic oxidation sites excluding steroid dienone is 8. The maximum absolute atomic E-state index is 12.8. The van der Waals surface area contributed by atoms with Crippen LogP contribution in [-0.2, 0) is 28.6 Å². The molecule has 6 nitrogen and oxygen atoms in total. The van der Waals surface area contributed by atoms with Gasteiger partial charge in [-0.25, -0.2) is 0 Å². The van der Waals surface area contributed by atoms with Crippen LogP contribution in [0.1, 0.15) is 329 Å². The predicted octanol–water partition coefficient (Wildman–Crippen LogP) is 21.0. The van der Waals surface area contributed by atoms with Gasteiger partial charge in [-0.3, -0.25) is 14.4 Å². The van der Waals surface area contributed by atoms with Crippen molar-refractivity contribution in [3.8, 4) is 0 Å². The van der Waals surface area contributed by atoms with Crippen LogP contribution in [0.15, 0.2) is 48.6 Å². The summed E-state index contributed by atoms with van der Waals surface area (Å²) in [6, 6.07) is 0. The van der Waals surface area contributed by atoms with Gasteiger partial charge in [-0.1, -0.05) is 281 Å². The summed E-state index contributed by atoms with van der Waals surface area (Å²) in [5, 5.41) is 0. The molecule has 0 aliphatic heterocycles. The topological polar surface area (TPSA) is 78.9 Å². The van der Waals surface area contributed by atoms with E-state index in [1.165, 1.54) is 199 Å². The molecule has 0 bridgehead atoms. The SMILES string of the molecule is CC/C=C\C/C=C\C/C=C\CCCCCC(=O)OC(COC(=O)CCCCCCC/C=C\CCCCCC)COC(=O)CCCCCCCCCCCCCCCCCCCCCCCCCCCCC. The zero-order valence-corrected chi connectivity index (χ0v) is 47.5. The minimum absolute atomic E-state index is 0.0846. The van der Waals surface area contributed by atoms with Crippen molar-refractivity contribution < 1.29 is 28.6 Å². The number of hydrogen-bond acceptors (Lipinski definition) is 6. The van der Waals surface area contributed by atoms with Gasteiger partial charge < -0.3 is 14.2 Å². The molecule has 1 unspecified atom stereocenters. The summed E-state index contributed by atoms with van der Waals surface area (Å²) >= 11 is 0. The van der Waals surface area contributed by atoms with E-state index in [-0.39, 0.29) is 31.1 Å². The zero-order chi connectivity index (χ0) is 51.4. The summed E-state index contributed by atoms with van der Waals surface area (Å²) in [5.41, 5.74) is 0. The summed E-state index contributed by atoms with van der Waals surface area (Å²) in [6.45, 7) is 6.52. The molecule has 0 aliphatic rings. The fraction of sp³-hybridized carbons (Fsp3) is 0.831. The highest BCUT2D eigenvalue weighted by atomic mass is 16.6. The lowest BCUT2D eigenvalue weighted by molar-refractivity contribution is -0.167. The van der Waals surface area contributed by atoms with Gasteiger partial charge in [0.2, 0.25) is 0 Å². The second-order valence-corrected chi connectivity index (χ2v) is 20.9. The third-order valence-electron chi connectivity index (χ3n) is 13.8. The number of esters is 3. The number of hydrogen-bond donors (Lipinski definition) is 0. The van der Waals surface area contributed by atoms with Crippen LogP contribution in [0.4, 0.5) is 0 Å². The van der Waals surface area contributed by atoms with E-state index in [9.17, 15) is 14.4 Å². The molecule has 0 aliphatic carbocycles. The minimum Gasteiger partial charge on any atom is -0.462 e. The highest BCUT2D eigenvalue weighted by molar-refractivity contribution is 5.71. The van der Waals surface area contributed by atoms with Crippen molar-refractivity contribution in [3.63, 3.8) is 0 Å². The third kappa shape index (κ3) is 58.1. The van der Waals surface area contributed by atoms with Crippen molar-refractivity contribution >= 4 is 17.9 Å². The number of rotatable bonds is 57. The van der Waals surface area contributed by atoms with E-state index in [1.807, 2.05) is 0 Å². The third-order valence-corrected chi connectivity index (χ3v) is 13.8. The van der Waals surface area contributed by atoms with Crippen LogP contribution in [0.2, 0.25) is 0 Å². The maximum Gasteiger partial charge on any atom is 0.306 e. The molecule has 0 saturated carbocycles. The molecule has 6 heteroatoms. The van der Waals surface area contributed by atoms with Gasteiger partial charge in [0.05, 0.1) is 0 Å². The Hall–Kier alpha value is -2.63. The summed E-state index contributed by atoms with van der Waals surface area (Å²) in [4.78, 5) is 38.1. The lowest BCUT2D eigenvalue weighted by atomic mass is 10.0. The zero-order valence-electron chi connectivity index (χ0n) is 47.5. The van der Waals surface area contributed by atoms with Crippen molar-refractivity contribution in [2.45, 2.75) is 335 Å². The van der Waals surface area contributed by atoms with E-state index < -0.39 is 6.10 Å². The number of ether oxygens (including phenoxy) is 3. The molecule has 0 radical (unpaired) electrons. The van der Waals surface area contributed by atoms with Crippen LogP contribution in [0.5, 0.6) is 0 Å². The lowest BCUT2D eigenvalue weighted by Crippen LogP contribution is -2.30. The lowest BCUT2D eigenvalue weighted by Gasteiger charge is -2.18. The van der Waals surface area contributed by atoms with Crippen LogP contribution in [0.25, 0.3) is 0 Å². The van der Waals surface area contributed by atoms with Gasteiger partial charge in [-0.05, 0) is 77.0 Å². The van der Waals surface area contributed by atoms with Gasteiger partial charge in [0, 0.05) is 19.3 Å². The van der Waals surface area contributed by atoms with Crippen molar-refractivity contribution in [1.29, 1.82) is 0 Å². The van der Waals surface area contributed by atoms with E-state index in [0.29, 0.717) is 19.3 Å². The van der Waals surface area contributed by atoms with Gasteiger partial charge >= 0.3 is 17.9 Å². The first-order valence-electron chi connectivity index (χ1n) is 31.1. The fourth-order valence-corrected chi connectivity index (χ4v) is 9.16. The molecule has 0 saturated heterocycles. The minimum atomic E-state index is -0.790. The molecule has 0 amide bonds. The summed E-state index contributed by atoms with van der Waals surface area (Å²) in [7, 11) is 0. The molecular formula is C65H118O6. The van der Waals surface area contributed by atoms with Crippen molar-refractivity contribution in [3.05, 3.63) is 48.6 Å². The molecule has 0 spiro atoms. The van der Waals surface area contributed by atoms with Gasteiger partial charge in [0.15, 0.2) is 6.10 Å². The number of carbonyl (C=O) groups excluding carboxylic acids is 3. The van der Waals surface area contributed by atoms with Gasteiger partial charge in [-0.2, -0.15) is 0 Å². The average Bonchev–Trinajstić information content (AvgIpc) is 3.37. The quantitative estimate of drug-likeness (QED) is 0.0261. The van der Waals surface area contributed by atoms with E-state index in [0.717, 1.165) is 89.9 Å². The predicted molar refractivity (Wildman–Crippen MR) is 307 cm³/mol. The van der Waals surface area contributed by atoms with Crippen molar-refractivity contribution in [2.24, 2.45) is 0 Å². The van der Waals surface area contributed by atoms with E-state index in [1.54, 1.807) is 0 Å². The molecular weight excluding hydrogens is 877 g/mol. The van der Waals surface area contributed by atoms with Crippen LogP contribution < -0.4 is 0 Å². The van der Waals surface area contributed by atoms with E-state index >= 15 is 0 Å². The maximum atomic E-state index is 12.8. The Morgan fingerprint density at radius 2 is 0.549 bits per heavy atom. The molecule has 0 aromatic rings. The molecule has 0 aromatic carbocycles. The Morgan fingerprint density at radius 3 is 0.901 bits per heavy atom. The van der Waals surface area contributed by atoms with Crippen LogP contribution >= 0.6 is 0 Å². The summed E-state index contributed by atoms with van der Waals surface area (Å²) in [6.07, 6.45) is 74.2. The Bertz CT molecular complexity index is 1230. The molecule has 0 N–H and O–H groups in total. The van der Waals surface area contributed by atoms with E-state index in [4.69, 9.17) is 14.2 Å². The van der Waals surface area contributed by atoms with Crippen LogP contribution in [0, 0.1) is 0 Å². The Kier molecular flexibility index (Phi) is 57.7. The average molecular weight is 996 g/mol. The van der Waals surface area contributed by atoms with Crippen molar-refractivity contribution in [2.75, 3.05) is 13.2 Å². The van der Waals surface area contributed by atoms with Gasteiger partial charge in [-0.15, -0.1) is 0 Å². The first-order chi connectivity index (χ1) is 35.0. The van der Waals surface area contributed by atoms with Crippen LogP contribution in [-0.4, -0.2) is 37.2 Å². The Balaban J connectivity index is 4.18. The van der Waals surface area contributed by atoms with Gasteiger partial charge in [0.1, 0.15) is 13.2 Å². The number of unbranched alkanes of at least 4 members (excludes halogenated alkanes) is 38. The summed E-state index contributed by atoms with van der Waals surface area (Å²) < 4.78 is 16.8. The fourth-order valence-electron chi connectivity index (χ4n) is 9.16. The standard InChI is InChI=1S/C65H118O6/c1-4-7-10-13-16-19-22-25-26-27-28-29-30-31-32-33-34-35-36-37-38-41-43-46-49-52-55-58-64(67)70-61-62(71-65(68)59-56-53-50-47-44-40-24-21-18-15-12-9-6-3)60-69-63(66)57-54-51-48-45-42-39-23-20-17-14-11-8-5-2/h9,12,18,20-21,23,40,44,62H,4-8,10-11,13-17,19,22,24-39,41-43,45-61H2,1-3H3/b12-9-,21-18-,23-20-,44-40-. The van der Waals surface area contributed by atoms with Gasteiger partial charge in [0.25, 0.3) is 0 Å². The molecule has 0 aromatic heterocycles. The molecule has 1 atom stereocenters. The van der Waals surface area contributed by atoms with Crippen molar-refractivity contribution in [1.82, 2.24) is 0 Å². The highest BCUT2D eigenvalue weighted by Gasteiger charge is 2.19. The molecule has 414 valence electrons. The largest absolute Gasteiger partial charge is 0.462 e. The molecule has 0 heterocycles. The second kappa shape index (κ2) is 59.9. The summed E-state index contributed by atoms with van der Waals surface area (Å²) in [5.74, 6) is -0.908. The molecule has 71 heavy (non-hydrogen) atoms.